The Balaban J connectivity index is 2.06. The Morgan fingerprint density at radius 1 is 1.00 bits per heavy atom. The Labute approximate surface area is 81.5 Å². The van der Waals surface area contributed by atoms with E-state index in [1.165, 1.54) is 51.4 Å². The van der Waals surface area contributed by atoms with Crippen LogP contribution in [0.1, 0.15) is 57.8 Å². The second-order valence-electron chi connectivity index (χ2n) is 5.02. The Morgan fingerprint density at radius 3 is 2.15 bits per heavy atom. The lowest BCUT2D eigenvalue weighted by molar-refractivity contribution is 0.0201. The molecule has 0 saturated heterocycles. The number of aliphatic hydroxyl groups is 1. The summed E-state index contributed by atoms with van der Waals surface area (Å²) in [6, 6.07) is 0. The lowest BCUT2D eigenvalue weighted by Gasteiger charge is -2.47. The average molecular weight is 182 g/mol. The summed E-state index contributed by atoms with van der Waals surface area (Å²) in [6.07, 6.45) is 12.5. The molecule has 0 aromatic heterocycles. The quantitative estimate of drug-likeness (QED) is 0.695. The second-order valence-corrected chi connectivity index (χ2v) is 5.02. The highest BCUT2D eigenvalue weighted by atomic mass is 16.3. The largest absolute Gasteiger partial charge is 0.396 e. The highest BCUT2D eigenvalue weighted by Gasteiger charge is 2.41. The van der Waals surface area contributed by atoms with Crippen LogP contribution in [0, 0.1) is 11.3 Å². The molecule has 0 bridgehead atoms. The Bertz CT molecular complexity index is 147. The minimum atomic E-state index is 0.413. The molecule has 1 heteroatoms. The van der Waals surface area contributed by atoms with E-state index in [0.29, 0.717) is 12.0 Å². The van der Waals surface area contributed by atoms with Crippen molar-refractivity contribution in [2.45, 2.75) is 57.8 Å². The summed E-state index contributed by atoms with van der Waals surface area (Å²) >= 11 is 0. The van der Waals surface area contributed by atoms with Crippen molar-refractivity contribution in [2.24, 2.45) is 11.3 Å². The first-order chi connectivity index (χ1) is 6.37. The van der Waals surface area contributed by atoms with E-state index in [2.05, 4.69) is 0 Å². The molecule has 76 valence electrons. The van der Waals surface area contributed by atoms with Crippen LogP contribution in [0.15, 0.2) is 0 Å². The van der Waals surface area contributed by atoms with E-state index in [-0.39, 0.29) is 0 Å². The molecule has 13 heavy (non-hydrogen) atoms. The summed E-state index contributed by atoms with van der Waals surface area (Å²) in [7, 11) is 0. The van der Waals surface area contributed by atoms with Gasteiger partial charge in [0.15, 0.2) is 0 Å². The maximum atomic E-state index is 9.15. The van der Waals surface area contributed by atoms with Crippen molar-refractivity contribution in [3.05, 3.63) is 0 Å². The molecule has 0 aliphatic heterocycles. The summed E-state index contributed by atoms with van der Waals surface area (Å²) in [6.45, 7) is 0.413. The predicted molar refractivity (Wildman–Crippen MR) is 54.6 cm³/mol. The molecule has 1 N–H and O–H groups in total. The van der Waals surface area contributed by atoms with Gasteiger partial charge >= 0.3 is 0 Å². The molecule has 2 fully saturated rings. The number of rotatable bonds is 2. The van der Waals surface area contributed by atoms with Crippen LogP contribution < -0.4 is 0 Å². The third-order valence-electron chi connectivity index (χ3n) is 4.43. The maximum Gasteiger partial charge on any atom is 0.0436 e. The lowest BCUT2D eigenvalue weighted by atomic mass is 9.58. The van der Waals surface area contributed by atoms with Crippen molar-refractivity contribution in [2.75, 3.05) is 6.61 Å². The molecule has 0 heterocycles. The second kappa shape index (κ2) is 4.00. The molecule has 2 saturated carbocycles. The summed E-state index contributed by atoms with van der Waals surface area (Å²) in [4.78, 5) is 0. The van der Waals surface area contributed by atoms with Gasteiger partial charge in [0, 0.05) is 6.61 Å². The molecule has 0 radical (unpaired) electrons. The van der Waals surface area contributed by atoms with Gasteiger partial charge in [-0.3, -0.25) is 0 Å². The zero-order chi connectivity index (χ0) is 9.15. The van der Waals surface area contributed by atoms with Crippen molar-refractivity contribution < 1.29 is 5.11 Å². The third-order valence-corrected chi connectivity index (χ3v) is 4.43. The van der Waals surface area contributed by atoms with Crippen LogP contribution in [0.2, 0.25) is 0 Å². The number of hydrogen-bond donors (Lipinski definition) is 1. The highest BCUT2D eigenvalue weighted by Crippen LogP contribution is 2.52. The van der Waals surface area contributed by atoms with Gasteiger partial charge in [0.1, 0.15) is 0 Å². The minimum Gasteiger partial charge on any atom is -0.396 e. The van der Waals surface area contributed by atoms with E-state index in [1.807, 2.05) is 0 Å². The van der Waals surface area contributed by atoms with Crippen LogP contribution in [-0.2, 0) is 0 Å². The molecular weight excluding hydrogens is 160 g/mol. The van der Waals surface area contributed by atoms with E-state index in [0.717, 1.165) is 12.3 Å². The van der Waals surface area contributed by atoms with Crippen molar-refractivity contribution in [1.82, 2.24) is 0 Å². The van der Waals surface area contributed by atoms with Gasteiger partial charge in [-0.05, 0) is 43.4 Å². The predicted octanol–water partition coefficient (Wildman–Crippen LogP) is 3.12. The van der Waals surface area contributed by atoms with Gasteiger partial charge in [0.05, 0.1) is 0 Å². The molecule has 2 aliphatic carbocycles. The molecule has 0 aromatic rings. The molecule has 2 rings (SSSR count). The van der Waals surface area contributed by atoms with E-state index in [4.69, 9.17) is 5.11 Å². The van der Waals surface area contributed by atoms with Gasteiger partial charge in [-0.1, -0.05) is 25.7 Å². The first-order valence-corrected chi connectivity index (χ1v) is 5.98. The Morgan fingerprint density at radius 2 is 1.62 bits per heavy atom. The van der Waals surface area contributed by atoms with E-state index >= 15 is 0 Å². The van der Waals surface area contributed by atoms with Gasteiger partial charge in [-0.25, -0.2) is 0 Å². The monoisotopic (exact) mass is 182 g/mol. The molecular formula is C12H22O. The van der Waals surface area contributed by atoms with E-state index in [1.54, 1.807) is 0 Å². The molecule has 1 nitrogen and oxygen atoms in total. The van der Waals surface area contributed by atoms with Gasteiger partial charge in [0.2, 0.25) is 0 Å². The molecule has 0 amide bonds. The SMILES string of the molecule is OCCC12CCCCC1CCCC2. The third kappa shape index (κ3) is 1.76. The van der Waals surface area contributed by atoms with Crippen LogP contribution in [0.5, 0.6) is 0 Å². The van der Waals surface area contributed by atoms with Crippen LogP contribution >= 0.6 is 0 Å². The van der Waals surface area contributed by atoms with Crippen molar-refractivity contribution >= 4 is 0 Å². The molecule has 0 atom stereocenters. The summed E-state index contributed by atoms with van der Waals surface area (Å²) in [5, 5.41) is 9.15. The van der Waals surface area contributed by atoms with Crippen molar-refractivity contribution in [3.63, 3.8) is 0 Å². The topological polar surface area (TPSA) is 20.2 Å². The Hall–Kier alpha value is -0.0400. The van der Waals surface area contributed by atoms with Crippen molar-refractivity contribution in [3.8, 4) is 0 Å². The minimum absolute atomic E-state index is 0.413. The van der Waals surface area contributed by atoms with Gasteiger partial charge in [-0.2, -0.15) is 0 Å². The number of aliphatic hydroxyl groups excluding tert-OH is 1. The Kier molecular flexibility index (Phi) is 2.92. The summed E-state index contributed by atoms with van der Waals surface area (Å²) in [5.41, 5.74) is 0.575. The van der Waals surface area contributed by atoms with Crippen LogP contribution in [0.25, 0.3) is 0 Å². The van der Waals surface area contributed by atoms with E-state index < -0.39 is 0 Å². The normalized spacial score (nSPS) is 39.9. The number of hydrogen-bond acceptors (Lipinski definition) is 1. The lowest BCUT2D eigenvalue weighted by Crippen LogP contribution is -2.37. The smallest absolute Gasteiger partial charge is 0.0436 e. The summed E-state index contributed by atoms with van der Waals surface area (Å²) in [5.74, 6) is 0.960. The highest BCUT2D eigenvalue weighted by molar-refractivity contribution is 4.92. The molecule has 0 aromatic carbocycles. The van der Waals surface area contributed by atoms with Gasteiger partial charge < -0.3 is 5.11 Å². The standard InChI is InChI=1S/C12H22O/c13-10-9-12-7-3-1-5-11(12)6-2-4-8-12/h11,13H,1-10H2. The first kappa shape index (κ1) is 9.51. The number of fused-ring (bicyclic) bond motifs is 1. The fourth-order valence-electron chi connectivity index (χ4n) is 3.70. The van der Waals surface area contributed by atoms with Gasteiger partial charge in [-0.15, -0.1) is 0 Å². The van der Waals surface area contributed by atoms with Gasteiger partial charge in [0.25, 0.3) is 0 Å². The average Bonchev–Trinajstić information content (AvgIpc) is 2.18. The maximum absolute atomic E-state index is 9.15. The van der Waals surface area contributed by atoms with Crippen molar-refractivity contribution in [1.29, 1.82) is 0 Å². The molecule has 0 unspecified atom stereocenters. The molecule has 0 spiro atoms. The first-order valence-electron chi connectivity index (χ1n) is 5.98. The summed E-state index contributed by atoms with van der Waals surface area (Å²) < 4.78 is 0. The zero-order valence-electron chi connectivity index (χ0n) is 8.60. The van der Waals surface area contributed by atoms with Crippen LogP contribution in [0.4, 0.5) is 0 Å². The van der Waals surface area contributed by atoms with E-state index in [9.17, 15) is 0 Å². The fourth-order valence-corrected chi connectivity index (χ4v) is 3.70. The zero-order valence-corrected chi connectivity index (χ0v) is 8.60. The van der Waals surface area contributed by atoms with Crippen LogP contribution in [0.3, 0.4) is 0 Å². The molecule has 2 aliphatic rings. The van der Waals surface area contributed by atoms with Crippen LogP contribution in [-0.4, -0.2) is 11.7 Å². The fraction of sp³-hybridized carbons (Fsp3) is 1.00.